The third-order valence-corrected chi connectivity index (χ3v) is 2.07. The van der Waals surface area contributed by atoms with Gasteiger partial charge >= 0.3 is 0 Å². The Kier molecular flexibility index (Phi) is 3.05. The molecule has 84 valence electrons. The second-order valence-corrected chi connectivity index (χ2v) is 3.40. The Bertz CT molecular complexity index is 460. The van der Waals surface area contributed by atoms with E-state index >= 15 is 0 Å². The maximum absolute atomic E-state index is 10.6. The smallest absolute Gasteiger partial charge is 0.295 e. The first-order valence-corrected chi connectivity index (χ1v) is 5.09. The largest absolute Gasteiger partial charge is 0.424 e. The van der Waals surface area contributed by atoms with Crippen molar-refractivity contribution < 1.29 is 9.21 Å². The van der Waals surface area contributed by atoms with Crippen molar-refractivity contribution in [3.63, 3.8) is 0 Å². The molecular weight excluding hydrogens is 206 g/mol. The van der Waals surface area contributed by atoms with E-state index in [0.29, 0.717) is 19.1 Å². The molecular formula is C11H13N3O2. The molecule has 0 radical (unpaired) electrons. The molecule has 16 heavy (non-hydrogen) atoms. The summed E-state index contributed by atoms with van der Waals surface area (Å²) >= 11 is 0. The number of nitrogens with zero attached hydrogens (tertiary/aromatic N) is 1. The van der Waals surface area contributed by atoms with E-state index < -0.39 is 0 Å². The molecule has 5 nitrogen and oxygen atoms in total. The summed E-state index contributed by atoms with van der Waals surface area (Å²) in [6, 6.07) is 8.03. The zero-order valence-electron chi connectivity index (χ0n) is 8.99. The molecule has 5 heteroatoms. The van der Waals surface area contributed by atoms with Crippen molar-refractivity contribution in [1.29, 1.82) is 0 Å². The van der Waals surface area contributed by atoms with E-state index in [1.165, 1.54) is 6.92 Å². The summed E-state index contributed by atoms with van der Waals surface area (Å²) in [4.78, 5) is 14.9. The lowest BCUT2D eigenvalue weighted by Gasteiger charge is -2.01. The maximum atomic E-state index is 10.6. The number of benzene rings is 1. The van der Waals surface area contributed by atoms with Crippen molar-refractivity contribution in [2.75, 3.05) is 18.4 Å². The predicted molar refractivity (Wildman–Crippen MR) is 61.2 cm³/mol. The zero-order valence-corrected chi connectivity index (χ0v) is 8.99. The third-order valence-electron chi connectivity index (χ3n) is 2.07. The van der Waals surface area contributed by atoms with E-state index in [2.05, 4.69) is 15.6 Å². The summed E-state index contributed by atoms with van der Waals surface area (Å²) in [5.41, 5.74) is 1.58. The summed E-state index contributed by atoms with van der Waals surface area (Å²) in [5, 5.41) is 5.68. The van der Waals surface area contributed by atoms with Gasteiger partial charge in [-0.3, -0.25) is 4.79 Å². The number of nitrogens with one attached hydrogen (secondary N) is 2. The van der Waals surface area contributed by atoms with E-state index in [1.807, 2.05) is 24.3 Å². The molecule has 1 aromatic carbocycles. The fourth-order valence-electron chi connectivity index (χ4n) is 1.36. The van der Waals surface area contributed by atoms with E-state index in [4.69, 9.17) is 4.42 Å². The number of hydrogen-bond donors (Lipinski definition) is 2. The van der Waals surface area contributed by atoms with Gasteiger partial charge in [0.2, 0.25) is 5.91 Å². The lowest BCUT2D eigenvalue weighted by Crippen LogP contribution is -2.26. The highest BCUT2D eigenvalue weighted by molar-refractivity contribution is 5.74. The van der Waals surface area contributed by atoms with Crippen LogP contribution >= 0.6 is 0 Å². The average Bonchev–Trinajstić information content (AvgIpc) is 2.66. The Labute approximate surface area is 92.8 Å². The second-order valence-electron chi connectivity index (χ2n) is 3.40. The molecule has 0 aliphatic carbocycles. The number of carbonyl (C=O) groups excluding carboxylic acids is 1. The Hall–Kier alpha value is -2.04. The Balaban J connectivity index is 1.92. The highest BCUT2D eigenvalue weighted by Crippen LogP contribution is 2.17. The van der Waals surface area contributed by atoms with Gasteiger partial charge in [0.15, 0.2) is 5.58 Å². The topological polar surface area (TPSA) is 67.2 Å². The Morgan fingerprint density at radius 2 is 2.19 bits per heavy atom. The first-order valence-electron chi connectivity index (χ1n) is 5.09. The number of carbonyl (C=O) groups is 1. The molecule has 1 heterocycles. The number of anilines is 1. The van der Waals surface area contributed by atoms with E-state index in [0.717, 1.165) is 11.1 Å². The molecule has 0 aliphatic heterocycles. The number of hydrogen-bond acceptors (Lipinski definition) is 4. The lowest BCUT2D eigenvalue weighted by atomic mass is 10.3. The molecule has 0 atom stereocenters. The van der Waals surface area contributed by atoms with Crippen molar-refractivity contribution in [2.24, 2.45) is 0 Å². The predicted octanol–water partition coefficient (Wildman–Crippen LogP) is 1.38. The van der Waals surface area contributed by atoms with Gasteiger partial charge < -0.3 is 15.1 Å². The maximum Gasteiger partial charge on any atom is 0.295 e. The molecule has 0 saturated heterocycles. The van der Waals surface area contributed by atoms with Gasteiger partial charge in [-0.05, 0) is 12.1 Å². The molecule has 0 spiro atoms. The Morgan fingerprint density at radius 3 is 2.94 bits per heavy atom. The minimum Gasteiger partial charge on any atom is -0.424 e. The summed E-state index contributed by atoms with van der Waals surface area (Å²) in [7, 11) is 0. The van der Waals surface area contributed by atoms with Gasteiger partial charge in [-0.1, -0.05) is 12.1 Å². The number of aromatic nitrogens is 1. The lowest BCUT2D eigenvalue weighted by molar-refractivity contribution is -0.118. The first kappa shape index (κ1) is 10.5. The molecule has 1 aromatic heterocycles. The van der Waals surface area contributed by atoms with E-state index in [-0.39, 0.29) is 5.91 Å². The van der Waals surface area contributed by atoms with Gasteiger partial charge in [0.1, 0.15) is 5.52 Å². The van der Waals surface area contributed by atoms with Crippen molar-refractivity contribution in [3.8, 4) is 0 Å². The summed E-state index contributed by atoms with van der Waals surface area (Å²) in [6.45, 7) is 2.62. The minimum atomic E-state index is -0.0423. The second kappa shape index (κ2) is 4.65. The first-order chi connectivity index (χ1) is 7.75. The molecule has 0 saturated carbocycles. The van der Waals surface area contributed by atoms with Crippen LogP contribution in [0.2, 0.25) is 0 Å². The summed E-state index contributed by atoms with van der Waals surface area (Å²) < 4.78 is 5.44. The van der Waals surface area contributed by atoms with Crippen molar-refractivity contribution >= 4 is 23.0 Å². The molecule has 0 unspecified atom stereocenters. The molecule has 2 rings (SSSR count). The van der Waals surface area contributed by atoms with Crippen LogP contribution in [0.1, 0.15) is 6.92 Å². The number of oxazole rings is 1. The van der Waals surface area contributed by atoms with Gasteiger partial charge in [0, 0.05) is 20.0 Å². The highest BCUT2D eigenvalue weighted by Gasteiger charge is 2.03. The van der Waals surface area contributed by atoms with Crippen molar-refractivity contribution in [2.45, 2.75) is 6.92 Å². The van der Waals surface area contributed by atoms with Crippen molar-refractivity contribution in [3.05, 3.63) is 24.3 Å². The van der Waals surface area contributed by atoms with E-state index in [1.54, 1.807) is 0 Å². The molecule has 0 aliphatic rings. The van der Waals surface area contributed by atoms with Gasteiger partial charge in [-0.15, -0.1) is 0 Å². The van der Waals surface area contributed by atoms with Crippen molar-refractivity contribution in [1.82, 2.24) is 10.3 Å². The minimum absolute atomic E-state index is 0.0423. The van der Waals surface area contributed by atoms with E-state index in [9.17, 15) is 4.79 Å². The summed E-state index contributed by atoms with van der Waals surface area (Å²) in [5.74, 6) is -0.0423. The van der Waals surface area contributed by atoms with Crippen LogP contribution in [0.4, 0.5) is 6.01 Å². The third kappa shape index (κ3) is 2.50. The quantitative estimate of drug-likeness (QED) is 0.762. The van der Waals surface area contributed by atoms with Crippen LogP contribution in [0.15, 0.2) is 28.7 Å². The van der Waals surface area contributed by atoms with Crippen LogP contribution in [-0.4, -0.2) is 24.0 Å². The SMILES string of the molecule is CC(=O)NCCNc1nc2ccccc2o1. The number of para-hydroxylation sites is 2. The molecule has 2 aromatic rings. The van der Waals surface area contributed by atoms with Crippen LogP contribution in [0.25, 0.3) is 11.1 Å². The van der Waals surface area contributed by atoms with Gasteiger partial charge in [0.05, 0.1) is 0 Å². The Morgan fingerprint density at radius 1 is 1.38 bits per heavy atom. The number of fused-ring (bicyclic) bond motifs is 1. The molecule has 2 N–H and O–H groups in total. The average molecular weight is 219 g/mol. The molecule has 1 amide bonds. The standard InChI is InChI=1S/C11H13N3O2/c1-8(15)12-6-7-13-11-14-9-4-2-3-5-10(9)16-11/h2-5H,6-7H2,1H3,(H,12,15)(H,13,14). The van der Waals surface area contributed by atoms with Crippen LogP contribution in [0.3, 0.4) is 0 Å². The van der Waals surface area contributed by atoms with Crippen LogP contribution in [0, 0.1) is 0 Å². The fraction of sp³-hybridized carbons (Fsp3) is 0.273. The van der Waals surface area contributed by atoms with Gasteiger partial charge in [-0.2, -0.15) is 4.98 Å². The number of rotatable bonds is 4. The number of amides is 1. The zero-order chi connectivity index (χ0) is 11.4. The molecule has 0 bridgehead atoms. The van der Waals surface area contributed by atoms with Crippen LogP contribution < -0.4 is 10.6 Å². The van der Waals surface area contributed by atoms with Crippen LogP contribution in [0.5, 0.6) is 0 Å². The molecule has 0 fully saturated rings. The normalized spacial score (nSPS) is 10.3. The monoisotopic (exact) mass is 219 g/mol. The van der Waals surface area contributed by atoms with Gasteiger partial charge in [-0.25, -0.2) is 0 Å². The van der Waals surface area contributed by atoms with Gasteiger partial charge in [0.25, 0.3) is 6.01 Å². The van der Waals surface area contributed by atoms with Crippen LogP contribution in [-0.2, 0) is 4.79 Å². The summed E-state index contributed by atoms with van der Waals surface area (Å²) in [6.07, 6.45) is 0. The fourth-order valence-corrected chi connectivity index (χ4v) is 1.36. The highest BCUT2D eigenvalue weighted by atomic mass is 16.4.